The normalized spacial score (nSPS) is 15.0. The first-order valence-electron chi connectivity index (χ1n) is 10.7. The highest BCUT2D eigenvalue weighted by atomic mass is 16.5. The van der Waals surface area contributed by atoms with Crippen molar-refractivity contribution >= 4 is 34.8 Å². The van der Waals surface area contributed by atoms with Crippen LogP contribution in [0.15, 0.2) is 66.7 Å². The monoisotopic (exact) mass is 423 g/mol. The van der Waals surface area contributed by atoms with E-state index in [1.54, 1.807) is 7.11 Å². The van der Waals surface area contributed by atoms with Crippen LogP contribution in [0.2, 0.25) is 0 Å². The van der Waals surface area contributed by atoms with Gasteiger partial charge in [-0.15, -0.1) is 0 Å². The zero-order valence-corrected chi connectivity index (χ0v) is 18.4. The molecule has 5 heteroatoms. The number of hydrogen-bond acceptors (Lipinski definition) is 3. The fourth-order valence-corrected chi connectivity index (χ4v) is 4.28. The molecule has 5 nitrogen and oxygen atoms in total. The van der Waals surface area contributed by atoms with E-state index in [9.17, 15) is 4.79 Å². The smallest absolute Gasteiger partial charge is 0.237 e. The lowest BCUT2D eigenvalue weighted by atomic mass is 9.86. The summed E-state index contributed by atoms with van der Waals surface area (Å²) < 4.78 is 5.35. The molecule has 0 saturated carbocycles. The van der Waals surface area contributed by atoms with Gasteiger partial charge < -0.3 is 14.6 Å². The first-order chi connectivity index (χ1) is 15.5. The molecule has 2 heterocycles. The van der Waals surface area contributed by atoms with Gasteiger partial charge >= 0.3 is 0 Å². The Morgan fingerprint density at radius 3 is 2.62 bits per heavy atom. The van der Waals surface area contributed by atoms with Gasteiger partial charge in [-0.2, -0.15) is 0 Å². The number of H-pyrrole nitrogens is 1. The minimum Gasteiger partial charge on any atom is -0.497 e. The number of carbonyl (C=O) groups excluding carboxylic acids is 1. The molecule has 5 rings (SSSR count). The Morgan fingerprint density at radius 1 is 1.03 bits per heavy atom. The predicted molar refractivity (Wildman–Crippen MR) is 129 cm³/mol. The molecule has 0 aliphatic carbocycles. The third kappa shape index (κ3) is 3.46. The summed E-state index contributed by atoms with van der Waals surface area (Å²) in [5.41, 5.74) is 5.24. The summed E-state index contributed by atoms with van der Waals surface area (Å²) in [4.78, 5) is 23.3. The van der Waals surface area contributed by atoms with E-state index in [-0.39, 0.29) is 5.91 Å². The SMILES string of the molecule is COc1cccc(CN2C(=O)C(C)(C)c3cc4[nH]c(/C=C/c5ccccc5)nc4cc32)c1. The lowest BCUT2D eigenvalue weighted by molar-refractivity contribution is -0.122. The van der Waals surface area contributed by atoms with Crippen LogP contribution in [-0.2, 0) is 16.8 Å². The topological polar surface area (TPSA) is 58.2 Å². The van der Waals surface area contributed by atoms with Gasteiger partial charge in [-0.1, -0.05) is 48.5 Å². The molecule has 1 aliphatic rings. The number of nitrogens with one attached hydrogen (secondary N) is 1. The van der Waals surface area contributed by atoms with Crippen molar-refractivity contribution in [1.29, 1.82) is 0 Å². The molecule has 0 saturated heterocycles. The average Bonchev–Trinajstić information content (AvgIpc) is 3.29. The van der Waals surface area contributed by atoms with Gasteiger partial charge in [0, 0.05) is 0 Å². The number of nitrogens with zero attached hydrogens (tertiary/aromatic N) is 2. The van der Waals surface area contributed by atoms with E-state index in [0.29, 0.717) is 6.54 Å². The fraction of sp³-hybridized carbons (Fsp3) is 0.185. The molecule has 0 radical (unpaired) electrons. The number of aromatic amines is 1. The highest BCUT2D eigenvalue weighted by Crippen LogP contribution is 2.44. The number of ether oxygens (including phenoxy) is 1. The maximum absolute atomic E-state index is 13.3. The average molecular weight is 424 g/mol. The van der Waals surface area contributed by atoms with Crippen molar-refractivity contribution in [2.24, 2.45) is 0 Å². The quantitative estimate of drug-likeness (QED) is 0.457. The zero-order chi connectivity index (χ0) is 22.3. The Bertz CT molecular complexity index is 1340. The van der Waals surface area contributed by atoms with Crippen LogP contribution < -0.4 is 9.64 Å². The Hall–Kier alpha value is -3.86. The van der Waals surface area contributed by atoms with Gasteiger partial charge in [0.15, 0.2) is 0 Å². The van der Waals surface area contributed by atoms with Crippen LogP contribution in [0.4, 0.5) is 5.69 Å². The lowest BCUT2D eigenvalue weighted by Gasteiger charge is -2.20. The number of carbonyl (C=O) groups is 1. The number of methoxy groups -OCH3 is 1. The summed E-state index contributed by atoms with van der Waals surface area (Å²) in [5.74, 6) is 1.66. The van der Waals surface area contributed by atoms with Crippen LogP contribution in [0.3, 0.4) is 0 Å². The van der Waals surface area contributed by atoms with Crippen LogP contribution in [0.5, 0.6) is 5.75 Å². The van der Waals surface area contributed by atoms with Gasteiger partial charge in [0.05, 0.1) is 35.8 Å². The van der Waals surface area contributed by atoms with Crippen LogP contribution in [-0.4, -0.2) is 23.0 Å². The van der Waals surface area contributed by atoms with Crippen LogP contribution in [0.25, 0.3) is 23.2 Å². The van der Waals surface area contributed by atoms with Crippen LogP contribution >= 0.6 is 0 Å². The molecule has 1 aromatic heterocycles. The summed E-state index contributed by atoms with van der Waals surface area (Å²) in [6.07, 6.45) is 4.01. The van der Waals surface area contributed by atoms with Crippen molar-refractivity contribution in [3.63, 3.8) is 0 Å². The lowest BCUT2D eigenvalue weighted by Crippen LogP contribution is -2.35. The molecule has 0 unspecified atom stereocenters. The summed E-state index contributed by atoms with van der Waals surface area (Å²) in [5, 5.41) is 0. The second-order valence-electron chi connectivity index (χ2n) is 8.62. The number of amides is 1. The minimum absolute atomic E-state index is 0.0900. The molecule has 0 spiro atoms. The Labute approximate surface area is 187 Å². The number of rotatable bonds is 5. The molecule has 0 fully saturated rings. The predicted octanol–water partition coefficient (Wildman–Crippen LogP) is 5.57. The van der Waals surface area contributed by atoms with Gasteiger partial charge in [-0.25, -0.2) is 4.98 Å². The van der Waals surface area contributed by atoms with E-state index in [0.717, 1.165) is 45.0 Å². The molecule has 32 heavy (non-hydrogen) atoms. The summed E-state index contributed by atoms with van der Waals surface area (Å²) in [7, 11) is 1.65. The summed E-state index contributed by atoms with van der Waals surface area (Å²) >= 11 is 0. The van der Waals surface area contributed by atoms with Gasteiger partial charge in [-0.05, 0) is 60.9 Å². The van der Waals surface area contributed by atoms with Crippen LogP contribution in [0.1, 0.15) is 36.4 Å². The highest BCUT2D eigenvalue weighted by Gasteiger charge is 2.44. The number of fused-ring (bicyclic) bond motifs is 2. The molecule has 1 amide bonds. The molecule has 4 aromatic rings. The minimum atomic E-state index is -0.604. The Morgan fingerprint density at radius 2 is 1.84 bits per heavy atom. The van der Waals surface area contributed by atoms with Crippen molar-refractivity contribution in [3.05, 3.63) is 89.2 Å². The van der Waals surface area contributed by atoms with E-state index in [2.05, 4.69) is 23.2 Å². The van der Waals surface area contributed by atoms with Crippen LogP contribution in [0, 0.1) is 0 Å². The van der Waals surface area contributed by atoms with Crippen molar-refractivity contribution < 1.29 is 9.53 Å². The number of benzene rings is 3. The third-order valence-electron chi connectivity index (χ3n) is 6.07. The van der Waals surface area contributed by atoms with Gasteiger partial charge in [0.25, 0.3) is 0 Å². The number of aromatic nitrogens is 2. The fourth-order valence-electron chi connectivity index (χ4n) is 4.28. The van der Waals surface area contributed by atoms with E-state index in [1.807, 2.05) is 79.4 Å². The second-order valence-corrected chi connectivity index (χ2v) is 8.62. The van der Waals surface area contributed by atoms with Crippen molar-refractivity contribution in [1.82, 2.24) is 9.97 Å². The number of imidazole rings is 1. The maximum atomic E-state index is 13.3. The second kappa shape index (κ2) is 7.68. The first-order valence-corrected chi connectivity index (χ1v) is 10.7. The summed E-state index contributed by atoms with van der Waals surface area (Å²) in [6, 6.07) is 22.1. The van der Waals surface area contributed by atoms with E-state index >= 15 is 0 Å². The molecular weight excluding hydrogens is 398 g/mol. The number of hydrogen-bond donors (Lipinski definition) is 1. The van der Waals surface area contributed by atoms with E-state index in [4.69, 9.17) is 9.72 Å². The molecule has 1 N–H and O–H groups in total. The largest absolute Gasteiger partial charge is 0.497 e. The van der Waals surface area contributed by atoms with Crippen molar-refractivity contribution in [2.45, 2.75) is 25.8 Å². The van der Waals surface area contributed by atoms with E-state index in [1.165, 1.54) is 0 Å². The van der Waals surface area contributed by atoms with Crippen molar-refractivity contribution in [2.75, 3.05) is 12.0 Å². The molecule has 0 bridgehead atoms. The maximum Gasteiger partial charge on any atom is 0.237 e. The molecule has 3 aromatic carbocycles. The van der Waals surface area contributed by atoms with Gasteiger partial charge in [-0.3, -0.25) is 4.79 Å². The number of anilines is 1. The van der Waals surface area contributed by atoms with E-state index < -0.39 is 5.41 Å². The van der Waals surface area contributed by atoms with Crippen molar-refractivity contribution in [3.8, 4) is 5.75 Å². The van der Waals surface area contributed by atoms with Gasteiger partial charge in [0.1, 0.15) is 11.6 Å². The highest BCUT2D eigenvalue weighted by molar-refractivity contribution is 6.09. The molecule has 1 aliphatic heterocycles. The Kier molecular flexibility index (Phi) is 4.82. The Balaban J connectivity index is 1.52. The first kappa shape index (κ1) is 20.1. The molecular formula is C27H25N3O2. The third-order valence-corrected chi connectivity index (χ3v) is 6.07. The molecule has 0 atom stereocenters. The molecule has 160 valence electrons. The zero-order valence-electron chi connectivity index (χ0n) is 18.4. The standard InChI is InChI=1S/C27H25N3O2/c1-27(2)21-15-22-23(29-25(28-22)13-12-18-8-5-4-6-9-18)16-24(21)30(26(27)31)17-19-10-7-11-20(14-19)32-3/h4-16H,17H2,1-3H3,(H,28,29)/b13-12+. The summed E-state index contributed by atoms with van der Waals surface area (Å²) in [6.45, 7) is 4.46. The van der Waals surface area contributed by atoms with Gasteiger partial charge in [0.2, 0.25) is 5.91 Å².